The maximum Gasteiger partial charge on any atom is 0.356 e. The van der Waals surface area contributed by atoms with E-state index >= 15 is 0 Å². The van der Waals surface area contributed by atoms with Gasteiger partial charge in [0.25, 0.3) is 0 Å². The number of carbonyl (C=O) groups is 1. The molecule has 1 fully saturated rings. The Morgan fingerprint density at radius 2 is 2.12 bits per heavy atom. The van der Waals surface area contributed by atoms with E-state index in [9.17, 15) is 4.79 Å². The summed E-state index contributed by atoms with van der Waals surface area (Å²) in [7, 11) is 0. The molecular weight excluding hydrogens is 208 g/mol. The number of nitrogens with zero attached hydrogens (tertiary/aromatic N) is 3. The molecule has 3 N–H and O–H groups in total. The van der Waals surface area contributed by atoms with Crippen LogP contribution in [-0.4, -0.2) is 26.1 Å². The van der Waals surface area contributed by atoms with E-state index in [4.69, 9.17) is 10.8 Å². The zero-order valence-electron chi connectivity index (χ0n) is 9.09. The molecule has 0 saturated heterocycles. The quantitative estimate of drug-likeness (QED) is 0.796. The van der Waals surface area contributed by atoms with Crippen molar-refractivity contribution in [3.8, 4) is 0 Å². The number of carboxylic acid groups (broad SMARTS) is 1. The van der Waals surface area contributed by atoms with Crippen LogP contribution in [-0.2, 0) is 6.54 Å². The van der Waals surface area contributed by atoms with E-state index in [2.05, 4.69) is 10.3 Å². The number of aromatic carboxylic acids is 1. The molecular formula is C10H16N4O2. The van der Waals surface area contributed by atoms with Crippen molar-refractivity contribution in [3.05, 3.63) is 11.4 Å². The van der Waals surface area contributed by atoms with E-state index in [0.717, 1.165) is 25.7 Å². The number of nitrogens with two attached hydrogens (primary N) is 1. The third-order valence-electron chi connectivity index (χ3n) is 3.08. The predicted octanol–water partition coefficient (Wildman–Crippen LogP) is 0.940. The van der Waals surface area contributed by atoms with E-state index in [1.54, 1.807) is 4.68 Å². The van der Waals surface area contributed by atoms with Crippen molar-refractivity contribution in [2.24, 2.45) is 5.73 Å². The van der Waals surface area contributed by atoms with Crippen LogP contribution in [0.3, 0.4) is 0 Å². The van der Waals surface area contributed by atoms with E-state index in [-0.39, 0.29) is 18.3 Å². The van der Waals surface area contributed by atoms with Gasteiger partial charge < -0.3 is 10.8 Å². The van der Waals surface area contributed by atoms with Gasteiger partial charge in [-0.2, -0.15) is 0 Å². The SMILES string of the molecule is NCc1nnn(C2CCCCC2)c1C(=O)O. The molecule has 6 nitrogen and oxygen atoms in total. The first-order valence-electron chi connectivity index (χ1n) is 5.61. The minimum Gasteiger partial charge on any atom is -0.476 e. The second-order valence-electron chi connectivity index (χ2n) is 4.13. The molecule has 0 radical (unpaired) electrons. The summed E-state index contributed by atoms with van der Waals surface area (Å²) in [5, 5.41) is 16.9. The molecule has 1 saturated carbocycles. The van der Waals surface area contributed by atoms with Crippen LogP contribution in [0.1, 0.15) is 54.3 Å². The van der Waals surface area contributed by atoms with Crippen LogP contribution < -0.4 is 5.73 Å². The molecule has 0 bridgehead atoms. The minimum atomic E-state index is -0.990. The Hall–Kier alpha value is -1.43. The lowest BCUT2D eigenvalue weighted by atomic mass is 9.95. The van der Waals surface area contributed by atoms with Crippen molar-refractivity contribution in [3.63, 3.8) is 0 Å². The van der Waals surface area contributed by atoms with Crippen LogP contribution in [0.2, 0.25) is 0 Å². The molecule has 0 aliphatic heterocycles. The Balaban J connectivity index is 2.32. The molecule has 0 atom stereocenters. The predicted molar refractivity (Wildman–Crippen MR) is 57.0 cm³/mol. The van der Waals surface area contributed by atoms with E-state index in [1.165, 1.54) is 6.42 Å². The van der Waals surface area contributed by atoms with Crippen molar-refractivity contribution >= 4 is 5.97 Å². The maximum absolute atomic E-state index is 11.1. The molecule has 2 rings (SSSR count). The van der Waals surface area contributed by atoms with Crippen LogP contribution in [0.4, 0.5) is 0 Å². The van der Waals surface area contributed by atoms with Crippen molar-refractivity contribution in [2.75, 3.05) is 0 Å². The molecule has 1 aromatic heterocycles. The van der Waals surface area contributed by atoms with Gasteiger partial charge in [-0.1, -0.05) is 24.5 Å². The molecule has 1 aliphatic carbocycles. The van der Waals surface area contributed by atoms with Gasteiger partial charge in [0.05, 0.1) is 6.04 Å². The summed E-state index contributed by atoms with van der Waals surface area (Å²) < 4.78 is 1.55. The van der Waals surface area contributed by atoms with Crippen molar-refractivity contribution in [1.82, 2.24) is 15.0 Å². The molecule has 1 aliphatic rings. The second-order valence-corrected chi connectivity index (χ2v) is 4.13. The fourth-order valence-electron chi connectivity index (χ4n) is 2.27. The Morgan fingerprint density at radius 3 is 2.69 bits per heavy atom. The minimum absolute atomic E-state index is 0.119. The largest absolute Gasteiger partial charge is 0.476 e. The smallest absolute Gasteiger partial charge is 0.356 e. The van der Waals surface area contributed by atoms with Crippen LogP contribution in [0.5, 0.6) is 0 Å². The molecule has 88 valence electrons. The first kappa shape index (κ1) is 11.1. The lowest BCUT2D eigenvalue weighted by Gasteiger charge is -2.22. The lowest BCUT2D eigenvalue weighted by Crippen LogP contribution is -2.20. The number of carboxylic acids is 1. The zero-order valence-corrected chi connectivity index (χ0v) is 9.09. The Kier molecular flexibility index (Phi) is 3.19. The molecule has 0 amide bonds. The van der Waals surface area contributed by atoms with Crippen LogP contribution in [0, 0.1) is 0 Å². The summed E-state index contributed by atoms with van der Waals surface area (Å²) in [6.07, 6.45) is 5.43. The molecule has 16 heavy (non-hydrogen) atoms. The van der Waals surface area contributed by atoms with Crippen molar-refractivity contribution < 1.29 is 9.90 Å². The highest BCUT2D eigenvalue weighted by atomic mass is 16.4. The fourth-order valence-corrected chi connectivity index (χ4v) is 2.27. The number of aromatic nitrogens is 3. The van der Waals surface area contributed by atoms with Gasteiger partial charge in [0, 0.05) is 6.54 Å². The Bertz CT molecular complexity index is 382. The monoisotopic (exact) mass is 224 g/mol. The van der Waals surface area contributed by atoms with Gasteiger partial charge in [0.1, 0.15) is 5.69 Å². The van der Waals surface area contributed by atoms with Gasteiger partial charge in [0.2, 0.25) is 0 Å². The average Bonchev–Trinajstić information content (AvgIpc) is 2.73. The summed E-state index contributed by atoms with van der Waals surface area (Å²) in [6, 6.07) is 0.174. The summed E-state index contributed by atoms with van der Waals surface area (Å²) in [5.41, 5.74) is 5.99. The van der Waals surface area contributed by atoms with Gasteiger partial charge in [0.15, 0.2) is 5.69 Å². The van der Waals surface area contributed by atoms with Gasteiger partial charge in [-0.15, -0.1) is 5.10 Å². The molecule has 0 unspecified atom stereocenters. The normalized spacial score (nSPS) is 17.6. The van der Waals surface area contributed by atoms with Crippen LogP contribution in [0.15, 0.2) is 0 Å². The van der Waals surface area contributed by atoms with E-state index in [0.29, 0.717) is 5.69 Å². The van der Waals surface area contributed by atoms with E-state index < -0.39 is 5.97 Å². The van der Waals surface area contributed by atoms with Gasteiger partial charge >= 0.3 is 5.97 Å². The van der Waals surface area contributed by atoms with Crippen LogP contribution in [0.25, 0.3) is 0 Å². The van der Waals surface area contributed by atoms with Crippen molar-refractivity contribution in [2.45, 2.75) is 44.7 Å². The second kappa shape index (κ2) is 4.61. The summed E-state index contributed by atoms with van der Waals surface area (Å²) in [6.45, 7) is 0.119. The fraction of sp³-hybridized carbons (Fsp3) is 0.700. The van der Waals surface area contributed by atoms with Gasteiger partial charge in [-0.25, -0.2) is 9.48 Å². The summed E-state index contributed by atoms with van der Waals surface area (Å²) in [4.78, 5) is 11.1. The number of hydrogen-bond acceptors (Lipinski definition) is 4. The molecule has 1 aromatic rings. The highest BCUT2D eigenvalue weighted by Crippen LogP contribution is 2.28. The lowest BCUT2D eigenvalue weighted by molar-refractivity contribution is 0.0676. The van der Waals surface area contributed by atoms with Crippen molar-refractivity contribution in [1.29, 1.82) is 0 Å². The first-order chi connectivity index (χ1) is 7.74. The van der Waals surface area contributed by atoms with Gasteiger partial charge in [-0.05, 0) is 12.8 Å². The average molecular weight is 224 g/mol. The third-order valence-corrected chi connectivity index (χ3v) is 3.08. The topological polar surface area (TPSA) is 94.0 Å². The number of hydrogen-bond donors (Lipinski definition) is 2. The summed E-state index contributed by atoms with van der Waals surface area (Å²) in [5.74, 6) is -0.990. The highest BCUT2D eigenvalue weighted by Gasteiger charge is 2.25. The molecule has 6 heteroatoms. The van der Waals surface area contributed by atoms with E-state index in [1.807, 2.05) is 0 Å². The highest BCUT2D eigenvalue weighted by molar-refractivity contribution is 5.86. The summed E-state index contributed by atoms with van der Waals surface area (Å²) >= 11 is 0. The zero-order chi connectivity index (χ0) is 11.5. The molecule has 0 spiro atoms. The molecule has 1 heterocycles. The van der Waals surface area contributed by atoms with Gasteiger partial charge in [-0.3, -0.25) is 0 Å². The number of rotatable bonds is 3. The Morgan fingerprint density at radius 1 is 1.44 bits per heavy atom. The van der Waals surface area contributed by atoms with Crippen LogP contribution >= 0.6 is 0 Å². The Labute approximate surface area is 93.4 Å². The molecule has 0 aromatic carbocycles. The standard InChI is InChI=1S/C10H16N4O2/c11-6-8-9(10(15)16)14(13-12-8)7-4-2-1-3-5-7/h7H,1-6,11H2,(H,15,16). The maximum atomic E-state index is 11.1. The first-order valence-corrected chi connectivity index (χ1v) is 5.61. The third kappa shape index (κ3) is 1.92.